The van der Waals surface area contributed by atoms with E-state index in [4.69, 9.17) is 5.11 Å². The summed E-state index contributed by atoms with van der Waals surface area (Å²) in [6, 6.07) is 5.31. The van der Waals surface area contributed by atoms with Gasteiger partial charge in [0.1, 0.15) is 5.69 Å². The van der Waals surface area contributed by atoms with Crippen LogP contribution in [0.2, 0.25) is 0 Å². The summed E-state index contributed by atoms with van der Waals surface area (Å²) in [7, 11) is 0. The van der Waals surface area contributed by atoms with E-state index in [-0.39, 0.29) is 17.2 Å². The van der Waals surface area contributed by atoms with Gasteiger partial charge in [-0.1, -0.05) is 12.1 Å². The Morgan fingerprint density at radius 2 is 2.18 bits per heavy atom. The maximum atomic E-state index is 11.1. The third kappa shape index (κ3) is 3.17. The van der Waals surface area contributed by atoms with Crippen LogP contribution in [0.5, 0.6) is 0 Å². The number of hydrogen-bond acceptors (Lipinski definition) is 4. The number of para-hydroxylation sites is 1. The molecule has 0 fully saturated rings. The summed E-state index contributed by atoms with van der Waals surface area (Å²) in [6.45, 7) is 5.09. The Kier molecular flexibility index (Phi) is 4.90. The first-order chi connectivity index (χ1) is 8.11. The zero-order valence-electron chi connectivity index (χ0n) is 10.2. The van der Waals surface area contributed by atoms with Crippen molar-refractivity contribution in [2.45, 2.75) is 20.3 Å². The van der Waals surface area contributed by atoms with Gasteiger partial charge in [-0.25, -0.2) is 0 Å². The van der Waals surface area contributed by atoms with Gasteiger partial charge in [0.15, 0.2) is 0 Å². The number of rotatable bonds is 6. The first-order valence-electron chi connectivity index (χ1n) is 5.71. The largest absolute Gasteiger partial charge is 0.396 e. The van der Waals surface area contributed by atoms with Crippen LogP contribution in [0.3, 0.4) is 0 Å². The standard InChI is InChI=1S/C12H18N2O3/c1-3-13(8-5-9-15)11-7-4-6-10(2)12(11)14(16)17/h4,6-7,15H,3,5,8-9H2,1-2H3. The topological polar surface area (TPSA) is 66.6 Å². The molecule has 0 aromatic heterocycles. The molecule has 0 aliphatic rings. The molecule has 0 unspecified atom stereocenters. The second kappa shape index (κ2) is 6.20. The normalized spacial score (nSPS) is 10.3. The van der Waals surface area contributed by atoms with E-state index >= 15 is 0 Å². The quantitative estimate of drug-likeness (QED) is 0.609. The molecule has 17 heavy (non-hydrogen) atoms. The minimum Gasteiger partial charge on any atom is -0.396 e. The molecule has 0 spiro atoms. The number of benzene rings is 1. The average Bonchev–Trinajstić information content (AvgIpc) is 2.29. The van der Waals surface area contributed by atoms with Gasteiger partial charge in [0, 0.05) is 25.3 Å². The van der Waals surface area contributed by atoms with Crippen molar-refractivity contribution in [3.05, 3.63) is 33.9 Å². The van der Waals surface area contributed by atoms with Gasteiger partial charge in [0.05, 0.1) is 4.92 Å². The van der Waals surface area contributed by atoms with Gasteiger partial charge in [0.25, 0.3) is 5.69 Å². The van der Waals surface area contributed by atoms with Crippen molar-refractivity contribution < 1.29 is 10.0 Å². The Hall–Kier alpha value is -1.62. The monoisotopic (exact) mass is 238 g/mol. The van der Waals surface area contributed by atoms with Crippen LogP contribution in [0.15, 0.2) is 18.2 Å². The first-order valence-corrected chi connectivity index (χ1v) is 5.71. The highest BCUT2D eigenvalue weighted by molar-refractivity contribution is 5.66. The second-order valence-electron chi connectivity index (χ2n) is 3.86. The number of anilines is 1. The maximum absolute atomic E-state index is 11.1. The van der Waals surface area contributed by atoms with Gasteiger partial charge in [-0.15, -0.1) is 0 Å². The number of aryl methyl sites for hydroxylation is 1. The lowest BCUT2D eigenvalue weighted by Crippen LogP contribution is -2.25. The molecule has 5 nitrogen and oxygen atoms in total. The van der Waals surface area contributed by atoms with Crippen molar-refractivity contribution in [2.75, 3.05) is 24.6 Å². The Bertz CT molecular complexity index is 393. The fourth-order valence-corrected chi connectivity index (χ4v) is 1.85. The third-order valence-corrected chi connectivity index (χ3v) is 2.71. The van der Waals surface area contributed by atoms with Crippen molar-refractivity contribution in [1.82, 2.24) is 0 Å². The highest BCUT2D eigenvalue weighted by Crippen LogP contribution is 2.31. The average molecular weight is 238 g/mol. The zero-order chi connectivity index (χ0) is 12.8. The Labute approximate surface area is 101 Å². The van der Waals surface area contributed by atoms with Gasteiger partial charge < -0.3 is 10.0 Å². The van der Waals surface area contributed by atoms with E-state index in [0.29, 0.717) is 30.8 Å². The number of aliphatic hydroxyl groups is 1. The molecular formula is C12H18N2O3. The van der Waals surface area contributed by atoms with E-state index in [2.05, 4.69) is 0 Å². The lowest BCUT2D eigenvalue weighted by atomic mass is 10.1. The van der Waals surface area contributed by atoms with Crippen molar-refractivity contribution in [1.29, 1.82) is 0 Å². The molecule has 0 radical (unpaired) electrons. The van der Waals surface area contributed by atoms with Gasteiger partial charge in [-0.3, -0.25) is 10.1 Å². The SMILES string of the molecule is CCN(CCCO)c1cccc(C)c1[N+](=O)[O-]. The predicted molar refractivity (Wildman–Crippen MR) is 67.4 cm³/mol. The van der Waals surface area contributed by atoms with Gasteiger partial charge in [-0.2, -0.15) is 0 Å². The zero-order valence-corrected chi connectivity index (χ0v) is 10.2. The second-order valence-corrected chi connectivity index (χ2v) is 3.86. The lowest BCUT2D eigenvalue weighted by Gasteiger charge is -2.22. The van der Waals surface area contributed by atoms with Gasteiger partial charge in [-0.05, 0) is 26.3 Å². The molecular weight excluding hydrogens is 220 g/mol. The van der Waals surface area contributed by atoms with Crippen LogP contribution >= 0.6 is 0 Å². The third-order valence-electron chi connectivity index (χ3n) is 2.71. The highest BCUT2D eigenvalue weighted by Gasteiger charge is 2.20. The number of aliphatic hydroxyl groups excluding tert-OH is 1. The van der Waals surface area contributed by atoms with Crippen LogP contribution in [-0.2, 0) is 0 Å². The summed E-state index contributed by atoms with van der Waals surface area (Å²) in [5.41, 5.74) is 1.45. The van der Waals surface area contributed by atoms with Crippen LogP contribution < -0.4 is 4.90 Å². The van der Waals surface area contributed by atoms with Crippen LogP contribution in [0.25, 0.3) is 0 Å². The van der Waals surface area contributed by atoms with E-state index in [0.717, 1.165) is 0 Å². The predicted octanol–water partition coefficient (Wildman–Crippen LogP) is 2.11. The minimum absolute atomic E-state index is 0.0934. The molecule has 0 bridgehead atoms. The molecule has 0 saturated carbocycles. The highest BCUT2D eigenvalue weighted by atomic mass is 16.6. The molecule has 1 aromatic carbocycles. The first kappa shape index (κ1) is 13.4. The van der Waals surface area contributed by atoms with Crippen LogP contribution in [-0.4, -0.2) is 29.7 Å². The Balaban J connectivity index is 3.09. The fourth-order valence-electron chi connectivity index (χ4n) is 1.85. The van der Waals surface area contributed by atoms with Crippen LogP contribution in [0.1, 0.15) is 18.9 Å². The summed E-state index contributed by atoms with van der Waals surface area (Å²) in [6.07, 6.45) is 0.610. The summed E-state index contributed by atoms with van der Waals surface area (Å²) in [5, 5.41) is 19.9. The van der Waals surface area contributed by atoms with Crippen molar-refractivity contribution >= 4 is 11.4 Å². The van der Waals surface area contributed by atoms with E-state index in [1.54, 1.807) is 19.1 Å². The summed E-state index contributed by atoms with van der Waals surface area (Å²) >= 11 is 0. The molecule has 0 saturated heterocycles. The van der Waals surface area contributed by atoms with Gasteiger partial charge >= 0.3 is 0 Å². The molecule has 1 aromatic rings. The van der Waals surface area contributed by atoms with Crippen molar-refractivity contribution in [3.8, 4) is 0 Å². The number of nitro benzene ring substituents is 1. The number of nitro groups is 1. The molecule has 1 rings (SSSR count). The Morgan fingerprint density at radius 3 is 2.71 bits per heavy atom. The maximum Gasteiger partial charge on any atom is 0.295 e. The summed E-state index contributed by atoms with van der Waals surface area (Å²) in [5.74, 6) is 0. The molecule has 1 N–H and O–H groups in total. The molecule has 0 atom stereocenters. The smallest absolute Gasteiger partial charge is 0.295 e. The lowest BCUT2D eigenvalue weighted by molar-refractivity contribution is -0.384. The van der Waals surface area contributed by atoms with Crippen LogP contribution in [0, 0.1) is 17.0 Å². The fraction of sp³-hybridized carbons (Fsp3) is 0.500. The number of nitrogens with zero attached hydrogens (tertiary/aromatic N) is 2. The molecule has 0 heterocycles. The van der Waals surface area contributed by atoms with Gasteiger partial charge in [0.2, 0.25) is 0 Å². The Morgan fingerprint density at radius 1 is 1.47 bits per heavy atom. The summed E-state index contributed by atoms with van der Waals surface area (Å²) < 4.78 is 0. The van der Waals surface area contributed by atoms with E-state index in [1.807, 2.05) is 17.9 Å². The molecule has 94 valence electrons. The molecule has 5 heteroatoms. The van der Waals surface area contributed by atoms with Crippen molar-refractivity contribution in [3.63, 3.8) is 0 Å². The summed E-state index contributed by atoms with van der Waals surface area (Å²) in [4.78, 5) is 12.6. The van der Waals surface area contributed by atoms with Crippen LogP contribution in [0.4, 0.5) is 11.4 Å². The van der Waals surface area contributed by atoms with E-state index < -0.39 is 0 Å². The molecule has 0 aliphatic carbocycles. The number of hydrogen-bond donors (Lipinski definition) is 1. The van der Waals surface area contributed by atoms with Crippen molar-refractivity contribution in [2.24, 2.45) is 0 Å². The molecule has 0 amide bonds. The van der Waals surface area contributed by atoms with E-state index in [1.165, 1.54) is 0 Å². The molecule has 0 aliphatic heterocycles. The van der Waals surface area contributed by atoms with E-state index in [9.17, 15) is 10.1 Å². The minimum atomic E-state index is -0.341.